The molecule has 2 fully saturated rings. The highest BCUT2D eigenvalue weighted by Crippen LogP contribution is 2.17. The third-order valence-corrected chi connectivity index (χ3v) is 3.66. The zero-order valence-electron chi connectivity index (χ0n) is 10.7. The molecule has 0 saturated carbocycles. The number of piperidine rings is 1. The van der Waals surface area contributed by atoms with Crippen LogP contribution in [0.4, 0.5) is 4.79 Å². The third-order valence-electron chi connectivity index (χ3n) is 3.66. The Morgan fingerprint density at radius 1 is 1.18 bits per heavy atom. The topological polar surface area (TPSA) is 44.8 Å². The first-order valence-electron chi connectivity index (χ1n) is 6.57. The van der Waals surface area contributed by atoms with Gasteiger partial charge in [-0.25, -0.2) is 4.79 Å². The summed E-state index contributed by atoms with van der Waals surface area (Å²) >= 11 is 0. The Morgan fingerprint density at radius 3 is 2.35 bits per heavy atom. The van der Waals surface area contributed by atoms with E-state index in [4.69, 9.17) is 4.74 Å². The molecule has 0 aromatic rings. The summed E-state index contributed by atoms with van der Waals surface area (Å²) in [5, 5.41) is 3.21. The van der Waals surface area contributed by atoms with E-state index in [0.717, 1.165) is 51.5 Å². The molecular weight excluding hydrogens is 218 g/mol. The zero-order valence-corrected chi connectivity index (χ0v) is 10.7. The molecule has 0 radical (unpaired) electrons. The number of rotatable bonds is 2. The fourth-order valence-corrected chi connectivity index (χ4v) is 2.57. The van der Waals surface area contributed by atoms with E-state index in [0.29, 0.717) is 13.2 Å². The lowest BCUT2D eigenvalue weighted by Gasteiger charge is -2.37. The molecule has 2 amide bonds. The molecule has 2 saturated heterocycles. The molecule has 5 nitrogen and oxygen atoms in total. The second-order valence-electron chi connectivity index (χ2n) is 4.87. The second-order valence-corrected chi connectivity index (χ2v) is 4.87. The molecule has 0 bridgehead atoms. The number of carbonyl (C=O) groups is 1. The van der Waals surface area contributed by atoms with Crippen LogP contribution in [0.5, 0.6) is 0 Å². The first-order chi connectivity index (χ1) is 8.31. The molecule has 0 spiro atoms. The minimum absolute atomic E-state index is 0.205. The van der Waals surface area contributed by atoms with Crippen molar-refractivity contribution in [3.8, 4) is 0 Å². The molecule has 2 rings (SSSR count). The molecule has 0 aromatic carbocycles. The predicted octanol–water partition coefficient (Wildman–Crippen LogP) is 0.370. The number of hydrogen-bond acceptors (Lipinski definition) is 3. The molecular formula is C12H23N3O2. The van der Waals surface area contributed by atoms with Crippen LogP contribution >= 0.6 is 0 Å². The van der Waals surface area contributed by atoms with Gasteiger partial charge in [0.05, 0.1) is 13.2 Å². The van der Waals surface area contributed by atoms with E-state index in [1.54, 1.807) is 0 Å². The molecule has 98 valence electrons. The van der Waals surface area contributed by atoms with Crippen molar-refractivity contribution in [3.63, 3.8) is 0 Å². The van der Waals surface area contributed by atoms with Crippen LogP contribution in [0.3, 0.4) is 0 Å². The van der Waals surface area contributed by atoms with Crippen LogP contribution in [0.2, 0.25) is 0 Å². The molecule has 1 N–H and O–H groups in total. The van der Waals surface area contributed by atoms with E-state index < -0.39 is 0 Å². The Labute approximate surface area is 103 Å². The maximum absolute atomic E-state index is 12.2. The molecule has 17 heavy (non-hydrogen) atoms. The molecule has 5 heteroatoms. The smallest absolute Gasteiger partial charge is 0.320 e. The average Bonchev–Trinajstić information content (AvgIpc) is 2.40. The van der Waals surface area contributed by atoms with E-state index in [9.17, 15) is 4.79 Å². The van der Waals surface area contributed by atoms with E-state index in [2.05, 4.69) is 5.32 Å². The van der Waals surface area contributed by atoms with Crippen molar-refractivity contribution in [2.45, 2.75) is 12.8 Å². The standard InChI is InChI=1S/C12H23N3O2/c1-13-10-11-2-4-14(5-3-11)12(16)15-6-8-17-9-7-15/h11,13H,2-10H2,1H3. The number of nitrogens with one attached hydrogen (secondary N) is 1. The van der Waals surface area contributed by atoms with Crippen molar-refractivity contribution in [1.29, 1.82) is 0 Å². The van der Waals surface area contributed by atoms with Gasteiger partial charge in [0.2, 0.25) is 0 Å². The number of carbonyl (C=O) groups excluding carboxylic acids is 1. The summed E-state index contributed by atoms with van der Waals surface area (Å²) in [5.74, 6) is 0.730. The van der Waals surface area contributed by atoms with Gasteiger partial charge in [-0.3, -0.25) is 0 Å². The van der Waals surface area contributed by atoms with Gasteiger partial charge >= 0.3 is 6.03 Å². The summed E-state index contributed by atoms with van der Waals surface area (Å²) in [5.41, 5.74) is 0. The molecule has 2 aliphatic rings. The quantitative estimate of drug-likeness (QED) is 0.760. The minimum Gasteiger partial charge on any atom is -0.378 e. The Morgan fingerprint density at radius 2 is 1.76 bits per heavy atom. The summed E-state index contributed by atoms with van der Waals surface area (Å²) in [6.45, 7) is 5.74. The maximum atomic E-state index is 12.2. The van der Waals surface area contributed by atoms with Crippen LogP contribution in [-0.4, -0.2) is 68.8 Å². The van der Waals surface area contributed by atoms with Crippen molar-refractivity contribution >= 4 is 6.03 Å². The normalized spacial score (nSPS) is 22.9. The number of amides is 2. The Bertz CT molecular complexity index is 246. The van der Waals surface area contributed by atoms with Gasteiger partial charge in [-0.2, -0.15) is 0 Å². The molecule has 2 aliphatic heterocycles. The van der Waals surface area contributed by atoms with Gasteiger partial charge in [0.25, 0.3) is 0 Å². The molecule has 0 unspecified atom stereocenters. The van der Waals surface area contributed by atoms with Crippen molar-refractivity contribution in [1.82, 2.24) is 15.1 Å². The Hall–Kier alpha value is -0.810. The van der Waals surface area contributed by atoms with Crippen molar-refractivity contribution in [2.75, 3.05) is 53.0 Å². The van der Waals surface area contributed by atoms with Gasteiger partial charge in [0.15, 0.2) is 0 Å². The van der Waals surface area contributed by atoms with Crippen LogP contribution in [0.25, 0.3) is 0 Å². The molecule has 0 aliphatic carbocycles. The SMILES string of the molecule is CNCC1CCN(C(=O)N2CCOCC2)CC1. The zero-order chi connectivity index (χ0) is 12.1. The summed E-state index contributed by atoms with van der Waals surface area (Å²) in [6, 6.07) is 0.205. The number of morpholine rings is 1. The minimum atomic E-state index is 0.205. The number of nitrogens with zero attached hydrogens (tertiary/aromatic N) is 2. The number of urea groups is 1. The lowest BCUT2D eigenvalue weighted by molar-refractivity contribution is 0.0401. The number of hydrogen-bond donors (Lipinski definition) is 1. The third kappa shape index (κ3) is 3.33. The first kappa shape index (κ1) is 12.6. The lowest BCUT2D eigenvalue weighted by Crippen LogP contribution is -2.50. The molecule has 0 aromatic heterocycles. The van der Waals surface area contributed by atoms with Crippen LogP contribution in [0.15, 0.2) is 0 Å². The Balaban J connectivity index is 1.77. The Kier molecular flexibility index (Phi) is 4.62. The van der Waals surface area contributed by atoms with Crippen molar-refractivity contribution in [3.05, 3.63) is 0 Å². The van der Waals surface area contributed by atoms with E-state index in [1.807, 2.05) is 16.8 Å². The largest absolute Gasteiger partial charge is 0.378 e. The summed E-state index contributed by atoms with van der Waals surface area (Å²) in [4.78, 5) is 16.1. The van der Waals surface area contributed by atoms with Crippen LogP contribution in [0.1, 0.15) is 12.8 Å². The monoisotopic (exact) mass is 241 g/mol. The van der Waals surface area contributed by atoms with Crippen LogP contribution in [-0.2, 0) is 4.74 Å². The van der Waals surface area contributed by atoms with E-state index in [1.165, 1.54) is 0 Å². The lowest BCUT2D eigenvalue weighted by atomic mass is 9.97. The van der Waals surface area contributed by atoms with E-state index in [-0.39, 0.29) is 6.03 Å². The summed E-state index contributed by atoms with van der Waals surface area (Å²) in [7, 11) is 1.99. The van der Waals surface area contributed by atoms with E-state index >= 15 is 0 Å². The number of ether oxygens (including phenoxy) is 1. The van der Waals surface area contributed by atoms with Gasteiger partial charge in [0.1, 0.15) is 0 Å². The van der Waals surface area contributed by atoms with Crippen molar-refractivity contribution in [2.24, 2.45) is 5.92 Å². The average molecular weight is 241 g/mol. The first-order valence-corrected chi connectivity index (χ1v) is 6.57. The van der Waals surface area contributed by atoms with Crippen molar-refractivity contribution < 1.29 is 9.53 Å². The van der Waals surface area contributed by atoms with Gasteiger partial charge < -0.3 is 19.9 Å². The molecule has 2 heterocycles. The van der Waals surface area contributed by atoms with Gasteiger partial charge in [0, 0.05) is 26.2 Å². The summed E-state index contributed by atoms with van der Waals surface area (Å²) < 4.78 is 5.27. The van der Waals surface area contributed by atoms with Crippen LogP contribution in [0, 0.1) is 5.92 Å². The fraction of sp³-hybridized carbons (Fsp3) is 0.917. The predicted molar refractivity (Wildman–Crippen MR) is 66.0 cm³/mol. The fourth-order valence-electron chi connectivity index (χ4n) is 2.57. The highest BCUT2D eigenvalue weighted by Gasteiger charge is 2.26. The summed E-state index contributed by atoms with van der Waals surface area (Å²) in [6.07, 6.45) is 2.24. The maximum Gasteiger partial charge on any atom is 0.320 e. The highest BCUT2D eigenvalue weighted by atomic mass is 16.5. The van der Waals surface area contributed by atoms with Gasteiger partial charge in [-0.15, -0.1) is 0 Å². The highest BCUT2D eigenvalue weighted by molar-refractivity contribution is 5.74. The number of likely N-dealkylation sites (tertiary alicyclic amines) is 1. The second kappa shape index (κ2) is 6.21. The molecule has 0 atom stereocenters. The van der Waals surface area contributed by atoms with Gasteiger partial charge in [-0.05, 0) is 32.4 Å². The van der Waals surface area contributed by atoms with Gasteiger partial charge in [-0.1, -0.05) is 0 Å². The van der Waals surface area contributed by atoms with Crippen LogP contribution < -0.4 is 5.32 Å².